The first kappa shape index (κ1) is 23.9. The predicted molar refractivity (Wildman–Crippen MR) is 142 cm³/mol. The summed E-state index contributed by atoms with van der Waals surface area (Å²) in [5.74, 6) is -0.200. The van der Waals surface area contributed by atoms with Crippen LogP contribution in [0.2, 0.25) is 5.02 Å². The minimum atomic E-state index is -0.336. The summed E-state index contributed by atoms with van der Waals surface area (Å²) >= 11 is 11.7. The summed E-state index contributed by atoms with van der Waals surface area (Å²) in [6, 6.07) is 25.2. The van der Waals surface area contributed by atoms with Crippen LogP contribution in [-0.4, -0.2) is 40.9 Å². The van der Waals surface area contributed by atoms with Gasteiger partial charge in [0.05, 0.1) is 23.9 Å². The van der Waals surface area contributed by atoms with Gasteiger partial charge in [-0.3, -0.25) is 5.01 Å². The fourth-order valence-corrected chi connectivity index (χ4v) is 4.22. The number of nitrogens with one attached hydrogen (secondary N) is 1. The molecule has 0 fully saturated rings. The highest BCUT2D eigenvalue weighted by Gasteiger charge is 2.29. The lowest BCUT2D eigenvalue weighted by atomic mass is 9.91. The van der Waals surface area contributed by atoms with E-state index in [-0.39, 0.29) is 18.0 Å². The Morgan fingerprint density at radius 2 is 1.76 bits per heavy atom. The molecule has 1 unspecified atom stereocenters. The molecule has 1 heterocycles. The van der Waals surface area contributed by atoms with E-state index in [2.05, 4.69) is 17.4 Å². The number of benzene rings is 3. The van der Waals surface area contributed by atoms with Crippen molar-refractivity contribution in [2.24, 2.45) is 5.10 Å². The molecule has 174 valence electrons. The second-order valence-corrected chi connectivity index (χ2v) is 9.31. The van der Waals surface area contributed by atoms with Crippen molar-refractivity contribution < 1.29 is 9.53 Å². The Hall–Kier alpha value is -3.22. The van der Waals surface area contributed by atoms with Crippen molar-refractivity contribution in [1.82, 2.24) is 5.01 Å². The molecule has 1 N–H and O–H groups in total. The van der Waals surface area contributed by atoms with Crippen LogP contribution in [0.15, 0.2) is 84.0 Å². The molecule has 0 saturated heterocycles. The summed E-state index contributed by atoms with van der Waals surface area (Å²) in [6.07, 6.45) is -0.156. The maximum Gasteiger partial charge on any atom is 0.338 e. The monoisotopic (exact) mass is 491 g/mol. The summed E-state index contributed by atoms with van der Waals surface area (Å²) in [5, 5.41) is 10.8. The quantitative estimate of drug-likeness (QED) is 0.317. The zero-order valence-electron chi connectivity index (χ0n) is 19.1. The van der Waals surface area contributed by atoms with Crippen LogP contribution in [0.4, 0.5) is 5.69 Å². The fourth-order valence-electron chi connectivity index (χ4n) is 3.83. The summed E-state index contributed by atoms with van der Waals surface area (Å²) in [7, 11) is 0. The van der Waals surface area contributed by atoms with Gasteiger partial charge in [0.25, 0.3) is 0 Å². The molecule has 1 aliphatic rings. The number of rotatable bonds is 7. The molecule has 0 saturated carbocycles. The van der Waals surface area contributed by atoms with Gasteiger partial charge in [-0.15, -0.1) is 0 Å². The van der Waals surface area contributed by atoms with Crippen molar-refractivity contribution in [3.8, 4) is 0 Å². The number of nitrogens with zero attached hydrogens (tertiary/aromatic N) is 2. The molecule has 0 bridgehead atoms. The van der Waals surface area contributed by atoms with Gasteiger partial charge in [0, 0.05) is 23.2 Å². The number of ether oxygens (including phenoxy) is 1. The SMILES string of the molecule is CC(C)OC(=O)c1ccc(NC(=S)CN2CC(c3ccccc3)C(c3ccc(Cl)cc3)=N2)cc1. The zero-order valence-corrected chi connectivity index (χ0v) is 20.6. The van der Waals surface area contributed by atoms with Gasteiger partial charge >= 0.3 is 5.97 Å². The molecule has 3 aromatic carbocycles. The van der Waals surface area contributed by atoms with E-state index < -0.39 is 0 Å². The Balaban J connectivity index is 1.45. The zero-order chi connectivity index (χ0) is 24.1. The van der Waals surface area contributed by atoms with Crippen molar-refractivity contribution in [3.63, 3.8) is 0 Å². The van der Waals surface area contributed by atoms with E-state index in [0.717, 1.165) is 23.5 Å². The number of halogens is 1. The lowest BCUT2D eigenvalue weighted by molar-refractivity contribution is 0.0378. The van der Waals surface area contributed by atoms with Gasteiger partial charge in [-0.1, -0.05) is 66.3 Å². The molecule has 5 nitrogen and oxygen atoms in total. The van der Waals surface area contributed by atoms with Crippen molar-refractivity contribution in [2.75, 3.05) is 18.4 Å². The van der Waals surface area contributed by atoms with Gasteiger partial charge in [-0.05, 0) is 61.4 Å². The van der Waals surface area contributed by atoms with Crippen LogP contribution < -0.4 is 5.32 Å². The number of hydrogen-bond acceptors (Lipinski definition) is 5. The molecular weight excluding hydrogens is 466 g/mol. The van der Waals surface area contributed by atoms with Crippen LogP contribution >= 0.6 is 23.8 Å². The van der Waals surface area contributed by atoms with E-state index in [4.69, 9.17) is 33.7 Å². The van der Waals surface area contributed by atoms with Gasteiger partial charge in [0.1, 0.15) is 4.99 Å². The molecule has 4 rings (SSSR count). The minimum absolute atomic E-state index is 0.136. The molecule has 0 aromatic heterocycles. The van der Waals surface area contributed by atoms with Gasteiger partial charge in [0.15, 0.2) is 0 Å². The van der Waals surface area contributed by atoms with Crippen LogP contribution in [-0.2, 0) is 4.74 Å². The predicted octanol–water partition coefficient (Wildman–Crippen LogP) is 6.15. The summed E-state index contributed by atoms with van der Waals surface area (Å²) in [5.41, 5.74) is 4.57. The maximum atomic E-state index is 12.0. The first-order valence-corrected chi connectivity index (χ1v) is 11.9. The van der Waals surface area contributed by atoms with E-state index in [1.165, 1.54) is 5.56 Å². The van der Waals surface area contributed by atoms with Gasteiger partial charge in [0.2, 0.25) is 0 Å². The van der Waals surface area contributed by atoms with Crippen LogP contribution in [0, 0.1) is 0 Å². The van der Waals surface area contributed by atoms with Gasteiger partial charge in [-0.25, -0.2) is 4.79 Å². The van der Waals surface area contributed by atoms with Crippen LogP contribution in [0.3, 0.4) is 0 Å². The molecule has 0 aliphatic carbocycles. The Bertz CT molecular complexity index is 1180. The van der Waals surface area contributed by atoms with Crippen LogP contribution in [0.25, 0.3) is 0 Å². The highest BCUT2D eigenvalue weighted by molar-refractivity contribution is 7.80. The smallest absolute Gasteiger partial charge is 0.338 e. The summed E-state index contributed by atoms with van der Waals surface area (Å²) < 4.78 is 5.23. The molecule has 0 radical (unpaired) electrons. The third kappa shape index (κ3) is 6.01. The number of hydrazone groups is 1. The van der Waals surface area contributed by atoms with E-state index in [0.29, 0.717) is 22.1 Å². The maximum absolute atomic E-state index is 12.0. The number of anilines is 1. The highest BCUT2D eigenvalue weighted by Crippen LogP contribution is 2.29. The first-order valence-electron chi connectivity index (χ1n) is 11.1. The second kappa shape index (κ2) is 10.8. The average Bonchev–Trinajstić information content (AvgIpc) is 3.23. The standard InChI is InChI=1S/C27H26ClN3O2S/c1-18(2)33-27(32)21-10-14-23(15-11-21)29-25(34)17-31-16-24(19-6-4-3-5-7-19)26(30-31)20-8-12-22(28)13-9-20/h3-15,18,24H,16-17H2,1-2H3,(H,29,34). The van der Waals surface area contributed by atoms with Gasteiger partial charge < -0.3 is 10.1 Å². The summed E-state index contributed by atoms with van der Waals surface area (Å²) in [4.78, 5) is 12.7. The van der Waals surface area contributed by atoms with E-state index in [9.17, 15) is 4.79 Å². The topological polar surface area (TPSA) is 53.9 Å². The molecular formula is C27H26ClN3O2S. The first-order chi connectivity index (χ1) is 16.4. The lowest BCUT2D eigenvalue weighted by Gasteiger charge is -2.18. The van der Waals surface area contributed by atoms with Crippen LogP contribution in [0.1, 0.15) is 41.3 Å². The number of carbonyl (C=O) groups excluding carboxylic acids is 1. The summed E-state index contributed by atoms with van der Waals surface area (Å²) in [6.45, 7) is 4.86. The van der Waals surface area contributed by atoms with E-state index in [1.54, 1.807) is 12.1 Å². The lowest BCUT2D eigenvalue weighted by Crippen LogP contribution is -2.28. The van der Waals surface area contributed by atoms with Crippen molar-refractivity contribution in [2.45, 2.75) is 25.9 Å². The highest BCUT2D eigenvalue weighted by atomic mass is 35.5. The Labute approximate surface area is 210 Å². The average molecular weight is 492 g/mol. The number of carbonyl (C=O) groups is 1. The Morgan fingerprint density at radius 1 is 1.09 bits per heavy atom. The molecule has 34 heavy (non-hydrogen) atoms. The van der Waals surface area contributed by atoms with E-state index in [1.807, 2.05) is 73.5 Å². The third-order valence-corrected chi connectivity index (χ3v) is 5.87. The molecule has 7 heteroatoms. The Morgan fingerprint density at radius 3 is 2.41 bits per heavy atom. The minimum Gasteiger partial charge on any atom is -0.459 e. The van der Waals surface area contributed by atoms with E-state index >= 15 is 0 Å². The number of hydrogen-bond donors (Lipinski definition) is 1. The van der Waals surface area contributed by atoms with Crippen molar-refractivity contribution in [1.29, 1.82) is 0 Å². The molecule has 0 spiro atoms. The third-order valence-electron chi connectivity index (χ3n) is 5.39. The second-order valence-electron chi connectivity index (χ2n) is 8.38. The molecule has 0 amide bonds. The normalized spacial score (nSPS) is 15.2. The number of esters is 1. The largest absolute Gasteiger partial charge is 0.459 e. The fraction of sp³-hybridized carbons (Fsp3) is 0.222. The van der Waals surface area contributed by atoms with Crippen molar-refractivity contribution >= 4 is 46.2 Å². The van der Waals surface area contributed by atoms with Crippen molar-refractivity contribution in [3.05, 3.63) is 101 Å². The molecule has 1 atom stereocenters. The Kier molecular flexibility index (Phi) is 7.60. The van der Waals surface area contributed by atoms with Crippen LogP contribution in [0.5, 0.6) is 0 Å². The van der Waals surface area contributed by atoms with Gasteiger partial charge in [-0.2, -0.15) is 5.10 Å². The molecule has 3 aromatic rings. The number of thiocarbonyl (C=S) groups is 1. The molecule has 1 aliphatic heterocycles.